The Morgan fingerprint density at radius 3 is 2.17 bits per heavy atom. The molecule has 0 aliphatic heterocycles. The minimum Gasteiger partial charge on any atom is -0.507 e. The number of anilines is 2. The third-order valence-corrected chi connectivity index (χ3v) is 7.06. The Morgan fingerprint density at radius 2 is 1.44 bits per heavy atom. The molecule has 1 heterocycles. The van der Waals surface area contributed by atoms with Gasteiger partial charge < -0.3 is 19.9 Å². The van der Waals surface area contributed by atoms with Crippen LogP contribution in [0.1, 0.15) is 15.9 Å². The first-order valence-corrected chi connectivity index (χ1v) is 13.1. The van der Waals surface area contributed by atoms with Gasteiger partial charge in [-0.1, -0.05) is 60.7 Å². The summed E-state index contributed by atoms with van der Waals surface area (Å²) in [4.78, 5) is 23.9. The van der Waals surface area contributed by atoms with Gasteiger partial charge in [-0.2, -0.15) is 0 Å². The number of aromatic hydroxyl groups is 1. The highest BCUT2D eigenvalue weighted by molar-refractivity contribution is 6.28. The normalized spacial score (nSPS) is 11.7. The summed E-state index contributed by atoms with van der Waals surface area (Å²) in [6, 6.07) is 33.2. The van der Waals surface area contributed by atoms with Gasteiger partial charge in [-0.25, -0.2) is 9.97 Å². The van der Waals surface area contributed by atoms with E-state index in [4.69, 9.17) is 19.4 Å². The average Bonchev–Trinajstić information content (AvgIpc) is 3.01. The number of benzene rings is 5. The molecule has 0 radical (unpaired) electrons. The number of hydrogen-bond donors (Lipinski definition) is 2. The first-order valence-electron chi connectivity index (χ1n) is 13.1. The highest BCUT2D eigenvalue weighted by Gasteiger charge is 2.32. The van der Waals surface area contributed by atoms with Crippen molar-refractivity contribution in [2.75, 3.05) is 12.4 Å². The van der Waals surface area contributed by atoms with Crippen molar-refractivity contribution in [2.24, 2.45) is 0 Å². The molecule has 0 bridgehead atoms. The Bertz CT molecular complexity index is 1960. The summed E-state index contributed by atoms with van der Waals surface area (Å²) in [6.07, 6.45) is 0. The van der Waals surface area contributed by atoms with Gasteiger partial charge in [0.25, 0.3) is 0 Å². The van der Waals surface area contributed by atoms with Gasteiger partial charge in [-0.05, 0) is 36.4 Å². The van der Waals surface area contributed by atoms with Crippen molar-refractivity contribution in [2.45, 2.75) is 0 Å². The number of hydrogen-bond acceptors (Lipinski definition) is 7. The van der Waals surface area contributed by atoms with Gasteiger partial charge in [0, 0.05) is 34.3 Å². The molecule has 0 saturated heterocycles. The fraction of sp³-hybridized carbons (Fsp3) is 0.0294. The predicted molar refractivity (Wildman–Crippen MR) is 158 cm³/mol. The second-order valence-electron chi connectivity index (χ2n) is 9.58. The molecular formula is C34H23N3O4. The van der Waals surface area contributed by atoms with Crippen molar-refractivity contribution in [3.8, 4) is 45.6 Å². The maximum Gasteiger partial charge on any atom is 0.196 e. The lowest BCUT2D eigenvalue weighted by atomic mass is 9.85. The second kappa shape index (κ2) is 9.81. The van der Waals surface area contributed by atoms with E-state index in [1.807, 2.05) is 78.9 Å². The van der Waals surface area contributed by atoms with Crippen LogP contribution >= 0.6 is 0 Å². The molecule has 1 aromatic heterocycles. The van der Waals surface area contributed by atoms with E-state index >= 15 is 0 Å². The van der Waals surface area contributed by atoms with E-state index in [9.17, 15) is 9.90 Å². The Kier molecular flexibility index (Phi) is 5.83. The van der Waals surface area contributed by atoms with Gasteiger partial charge >= 0.3 is 0 Å². The van der Waals surface area contributed by atoms with Crippen LogP contribution in [0.15, 0.2) is 109 Å². The number of para-hydroxylation sites is 2. The maximum absolute atomic E-state index is 14.1. The number of rotatable bonds is 6. The summed E-state index contributed by atoms with van der Waals surface area (Å²) in [5.74, 6) is 1.71. The van der Waals surface area contributed by atoms with Gasteiger partial charge in [0.05, 0.1) is 29.6 Å². The van der Waals surface area contributed by atoms with Crippen LogP contribution in [0, 0.1) is 0 Å². The molecule has 5 aromatic carbocycles. The number of nitrogens with one attached hydrogen (secondary N) is 1. The van der Waals surface area contributed by atoms with E-state index in [2.05, 4.69) is 5.32 Å². The summed E-state index contributed by atoms with van der Waals surface area (Å²) in [7, 11) is 1.54. The number of nitrogens with zero attached hydrogens (tertiary/aromatic N) is 2. The molecule has 0 spiro atoms. The SMILES string of the molecule is COc1ccc(-c2nc3c4c(c(Nc5ccccc5)cc(Oc5ccccc5)c4n2)C(=O)c2ccccc2-3)c(O)c1. The number of ketones is 1. The summed E-state index contributed by atoms with van der Waals surface area (Å²) < 4.78 is 11.7. The molecule has 0 atom stereocenters. The first-order chi connectivity index (χ1) is 20.1. The molecule has 0 saturated carbocycles. The highest BCUT2D eigenvalue weighted by Crippen LogP contribution is 2.47. The molecule has 0 amide bonds. The highest BCUT2D eigenvalue weighted by atomic mass is 16.5. The largest absolute Gasteiger partial charge is 0.507 e. The lowest BCUT2D eigenvalue weighted by Crippen LogP contribution is -2.15. The van der Waals surface area contributed by atoms with Gasteiger partial charge in [-0.3, -0.25) is 4.79 Å². The Labute approximate surface area is 235 Å². The van der Waals surface area contributed by atoms with Crippen molar-refractivity contribution in [3.63, 3.8) is 0 Å². The molecule has 7 heteroatoms. The number of phenols is 1. The molecule has 2 N–H and O–H groups in total. The summed E-state index contributed by atoms with van der Waals surface area (Å²) in [5.41, 5.74) is 4.56. The molecular weight excluding hydrogens is 514 g/mol. The lowest BCUT2D eigenvalue weighted by Gasteiger charge is -2.24. The number of fused-ring (bicyclic) bond motifs is 2. The van der Waals surface area contributed by atoms with E-state index in [0.29, 0.717) is 67.6 Å². The van der Waals surface area contributed by atoms with Gasteiger partial charge in [-0.15, -0.1) is 0 Å². The number of aromatic nitrogens is 2. The fourth-order valence-corrected chi connectivity index (χ4v) is 5.15. The molecule has 41 heavy (non-hydrogen) atoms. The van der Waals surface area contributed by atoms with Crippen molar-refractivity contribution < 1.29 is 19.4 Å². The Morgan fingerprint density at radius 1 is 0.732 bits per heavy atom. The number of carbonyl (C=O) groups is 1. The van der Waals surface area contributed by atoms with E-state index in [1.165, 1.54) is 13.2 Å². The predicted octanol–water partition coefficient (Wildman–Crippen LogP) is 7.76. The molecule has 7 rings (SSSR count). The minimum atomic E-state index is -0.133. The molecule has 1 aliphatic carbocycles. The zero-order chi connectivity index (χ0) is 27.9. The van der Waals surface area contributed by atoms with Crippen molar-refractivity contribution in [1.29, 1.82) is 0 Å². The van der Waals surface area contributed by atoms with Gasteiger partial charge in [0.15, 0.2) is 17.4 Å². The van der Waals surface area contributed by atoms with Crippen LogP contribution in [-0.4, -0.2) is 28.0 Å². The van der Waals surface area contributed by atoms with E-state index in [0.717, 1.165) is 5.69 Å². The molecule has 6 aromatic rings. The molecule has 198 valence electrons. The third kappa shape index (κ3) is 4.20. The standard InChI is InChI=1S/C34H23N3O4/c1-40-22-16-17-25(27(38)18-22)34-36-31-23-14-8-9-15-24(23)33(39)29-26(35-20-10-4-2-5-11-20)19-28(32(37-34)30(29)31)41-21-12-6-3-7-13-21/h2-19,35,38H,1H3. The Hall–Kier alpha value is -5.69. The third-order valence-electron chi connectivity index (χ3n) is 7.06. The fourth-order valence-electron chi connectivity index (χ4n) is 5.15. The van der Waals surface area contributed by atoms with Crippen LogP contribution in [0.2, 0.25) is 0 Å². The van der Waals surface area contributed by atoms with Crippen molar-refractivity contribution >= 4 is 28.1 Å². The number of phenolic OH excluding ortho intramolecular Hbond substituents is 1. The summed E-state index contributed by atoms with van der Waals surface area (Å²) >= 11 is 0. The van der Waals surface area contributed by atoms with E-state index in [-0.39, 0.29) is 11.5 Å². The monoisotopic (exact) mass is 537 g/mol. The lowest BCUT2D eigenvalue weighted by molar-refractivity contribution is 0.104. The number of carbonyl (C=O) groups excluding carboxylic acids is 1. The average molecular weight is 538 g/mol. The quantitative estimate of drug-likeness (QED) is 0.224. The minimum absolute atomic E-state index is 0.0239. The zero-order valence-corrected chi connectivity index (χ0v) is 22.0. The van der Waals surface area contributed by atoms with Crippen LogP contribution in [0.3, 0.4) is 0 Å². The van der Waals surface area contributed by atoms with E-state index in [1.54, 1.807) is 24.3 Å². The van der Waals surface area contributed by atoms with Gasteiger partial charge in [0.1, 0.15) is 22.8 Å². The molecule has 7 nitrogen and oxygen atoms in total. The van der Waals surface area contributed by atoms with Crippen LogP contribution in [0.4, 0.5) is 11.4 Å². The number of ether oxygens (including phenoxy) is 2. The maximum atomic E-state index is 14.1. The second-order valence-corrected chi connectivity index (χ2v) is 9.58. The first kappa shape index (κ1) is 24.4. The van der Waals surface area contributed by atoms with Gasteiger partial charge in [0.2, 0.25) is 0 Å². The van der Waals surface area contributed by atoms with Crippen LogP contribution in [0.25, 0.3) is 33.5 Å². The zero-order valence-electron chi connectivity index (χ0n) is 22.0. The van der Waals surface area contributed by atoms with Crippen LogP contribution in [-0.2, 0) is 0 Å². The number of methoxy groups -OCH3 is 1. The van der Waals surface area contributed by atoms with Crippen LogP contribution in [0.5, 0.6) is 23.0 Å². The molecule has 1 aliphatic rings. The summed E-state index contributed by atoms with van der Waals surface area (Å²) in [5, 5.41) is 14.9. The molecule has 0 fully saturated rings. The summed E-state index contributed by atoms with van der Waals surface area (Å²) in [6.45, 7) is 0. The Balaban J connectivity index is 1.56. The van der Waals surface area contributed by atoms with Crippen LogP contribution < -0.4 is 14.8 Å². The smallest absolute Gasteiger partial charge is 0.196 e. The topological polar surface area (TPSA) is 93.6 Å². The molecule has 0 unspecified atom stereocenters. The van der Waals surface area contributed by atoms with E-state index < -0.39 is 0 Å². The van der Waals surface area contributed by atoms with Crippen molar-refractivity contribution in [3.05, 3.63) is 120 Å². The van der Waals surface area contributed by atoms with Crippen molar-refractivity contribution in [1.82, 2.24) is 9.97 Å².